The van der Waals surface area contributed by atoms with Crippen molar-refractivity contribution in [3.05, 3.63) is 29.6 Å². The van der Waals surface area contributed by atoms with Gasteiger partial charge in [0, 0.05) is 12.6 Å². The van der Waals surface area contributed by atoms with Crippen LogP contribution in [0.3, 0.4) is 0 Å². The van der Waals surface area contributed by atoms with Gasteiger partial charge in [-0.2, -0.15) is 0 Å². The number of aryl methyl sites for hydroxylation is 1. The van der Waals surface area contributed by atoms with E-state index >= 15 is 0 Å². The van der Waals surface area contributed by atoms with Crippen molar-refractivity contribution >= 4 is 11.8 Å². The number of nitrogens with zero attached hydrogens (tertiary/aromatic N) is 1. The first kappa shape index (κ1) is 10.2. The third kappa shape index (κ3) is 2.85. The van der Waals surface area contributed by atoms with Gasteiger partial charge in [0.1, 0.15) is 5.69 Å². The minimum absolute atomic E-state index is 0.201. The fraction of sp³-hybridized carbons (Fsp3) is 0.222. The number of nitrogens with two attached hydrogens (primary N) is 2. The van der Waals surface area contributed by atoms with Gasteiger partial charge in [-0.3, -0.25) is 14.6 Å². The molecule has 0 aromatic carbocycles. The van der Waals surface area contributed by atoms with Gasteiger partial charge in [-0.05, 0) is 24.1 Å². The maximum atomic E-state index is 10.8. The molecule has 2 amide bonds. The second-order valence-electron chi connectivity index (χ2n) is 2.88. The van der Waals surface area contributed by atoms with Crippen LogP contribution in [0.2, 0.25) is 0 Å². The number of aromatic nitrogens is 1. The highest BCUT2D eigenvalue weighted by Crippen LogP contribution is 2.04. The van der Waals surface area contributed by atoms with Gasteiger partial charge in [-0.25, -0.2) is 0 Å². The van der Waals surface area contributed by atoms with Gasteiger partial charge in [0.2, 0.25) is 5.91 Å². The Morgan fingerprint density at radius 3 is 2.64 bits per heavy atom. The van der Waals surface area contributed by atoms with Crippen LogP contribution in [0.1, 0.15) is 22.5 Å². The Labute approximate surface area is 81.1 Å². The molecule has 0 saturated heterocycles. The molecule has 74 valence electrons. The highest BCUT2D eigenvalue weighted by Gasteiger charge is 2.03. The molecular formula is C9H11N3O2. The molecule has 0 spiro atoms. The molecule has 0 unspecified atom stereocenters. The molecule has 0 aliphatic carbocycles. The zero-order valence-electron chi connectivity index (χ0n) is 7.56. The van der Waals surface area contributed by atoms with E-state index in [1.807, 2.05) is 0 Å². The Kier molecular flexibility index (Phi) is 3.17. The Bertz CT molecular complexity index is 363. The summed E-state index contributed by atoms with van der Waals surface area (Å²) in [6.45, 7) is 0. The number of carbonyl (C=O) groups excluding carboxylic acids is 2. The summed E-state index contributed by atoms with van der Waals surface area (Å²) < 4.78 is 0. The molecule has 0 atom stereocenters. The van der Waals surface area contributed by atoms with Gasteiger partial charge in [-0.1, -0.05) is 0 Å². The van der Waals surface area contributed by atoms with Gasteiger partial charge in [0.05, 0.1) is 0 Å². The van der Waals surface area contributed by atoms with Crippen LogP contribution in [-0.2, 0) is 11.2 Å². The quantitative estimate of drug-likeness (QED) is 0.680. The molecule has 1 aromatic heterocycles. The lowest BCUT2D eigenvalue weighted by molar-refractivity contribution is -0.117. The lowest BCUT2D eigenvalue weighted by atomic mass is 10.1. The van der Waals surface area contributed by atoms with Crippen molar-refractivity contribution in [2.75, 3.05) is 0 Å². The zero-order chi connectivity index (χ0) is 10.6. The summed E-state index contributed by atoms with van der Waals surface area (Å²) in [5.74, 6) is -0.951. The van der Waals surface area contributed by atoms with Crippen LogP contribution in [0.25, 0.3) is 0 Å². The minimum atomic E-state index is -0.578. The van der Waals surface area contributed by atoms with Crippen molar-refractivity contribution in [3.63, 3.8) is 0 Å². The molecule has 4 N–H and O–H groups in total. The fourth-order valence-corrected chi connectivity index (χ4v) is 1.03. The molecular weight excluding hydrogens is 182 g/mol. The van der Waals surface area contributed by atoms with Crippen molar-refractivity contribution in [2.45, 2.75) is 12.8 Å². The maximum Gasteiger partial charge on any atom is 0.267 e. The van der Waals surface area contributed by atoms with Crippen LogP contribution < -0.4 is 11.5 Å². The van der Waals surface area contributed by atoms with Crippen molar-refractivity contribution < 1.29 is 9.59 Å². The van der Waals surface area contributed by atoms with E-state index in [4.69, 9.17) is 11.5 Å². The predicted octanol–water partition coefficient (Wildman–Crippen LogP) is -0.402. The Balaban J connectivity index is 2.73. The first-order valence-corrected chi connectivity index (χ1v) is 4.12. The Morgan fingerprint density at radius 2 is 2.07 bits per heavy atom. The summed E-state index contributed by atoms with van der Waals surface area (Å²) >= 11 is 0. The fourth-order valence-electron chi connectivity index (χ4n) is 1.03. The first-order chi connectivity index (χ1) is 6.59. The summed E-state index contributed by atoms with van der Waals surface area (Å²) in [6, 6.07) is 3.28. The molecule has 0 aliphatic rings. The number of hydrogen-bond donors (Lipinski definition) is 2. The smallest absolute Gasteiger partial charge is 0.267 e. The van der Waals surface area contributed by atoms with E-state index in [2.05, 4.69) is 4.98 Å². The van der Waals surface area contributed by atoms with E-state index in [1.54, 1.807) is 12.1 Å². The molecule has 1 rings (SSSR count). The standard InChI is InChI=1S/C9H11N3O2/c10-8(13)2-1-6-3-4-12-7(5-6)9(11)14/h3-5H,1-2H2,(H2,10,13)(H2,11,14). The van der Waals surface area contributed by atoms with Crippen LogP contribution in [0.5, 0.6) is 0 Å². The number of primary amides is 2. The second kappa shape index (κ2) is 4.36. The van der Waals surface area contributed by atoms with Gasteiger partial charge >= 0.3 is 0 Å². The molecule has 0 fully saturated rings. The lowest BCUT2D eigenvalue weighted by Gasteiger charge is -2.00. The molecule has 1 heterocycles. The number of hydrogen-bond acceptors (Lipinski definition) is 3. The topological polar surface area (TPSA) is 99.1 Å². The first-order valence-electron chi connectivity index (χ1n) is 4.12. The molecule has 0 saturated carbocycles. The number of amides is 2. The van der Waals surface area contributed by atoms with Crippen LogP contribution in [0, 0.1) is 0 Å². The third-order valence-electron chi connectivity index (χ3n) is 1.74. The average molecular weight is 193 g/mol. The van der Waals surface area contributed by atoms with Crippen molar-refractivity contribution in [1.82, 2.24) is 4.98 Å². The number of pyridine rings is 1. The summed E-state index contributed by atoms with van der Waals surface area (Å²) in [4.78, 5) is 25.0. The lowest BCUT2D eigenvalue weighted by Crippen LogP contribution is -2.14. The van der Waals surface area contributed by atoms with E-state index < -0.39 is 5.91 Å². The molecule has 14 heavy (non-hydrogen) atoms. The van der Waals surface area contributed by atoms with E-state index in [9.17, 15) is 9.59 Å². The molecule has 1 aromatic rings. The average Bonchev–Trinajstić information content (AvgIpc) is 2.15. The molecule has 5 nitrogen and oxygen atoms in total. The van der Waals surface area contributed by atoms with Crippen LogP contribution in [-0.4, -0.2) is 16.8 Å². The van der Waals surface area contributed by atoms with E-state index in [0.29, 0.717) is 6.42 Å². The Hall–Kier alpha value is -1.91. The summed E-state index contributed by atoms with van der Waals surface area (Å²) in [7, 11) is 0. The van der Waals surface area contributed by atoms with Gasteiger partial charge < -0.3 is 11.5 Å². The van der Waals surface area contributed by atoms with Gasteiger partial charge in [0.15, 0.2) is 0 Å². The monoisotopic (exact) mass is 193 g/mol. The van der Waals surface area contributed by atoms with Gasteiger partial charge in [-0.15, -0.1) is 0 Å². The maximum absolute atomic E-state index is 10.8. The van der Waals surface area contributed by atoms with E-state index in [-0.39, 0.29) is 18.0 Å². The SMILES string of the molecule is NC(=O)CCc1ccnc(C(N)=O)c1. The summed E-state index contributed by atoms with van der Waals surface area (Å²) in [5, 5.41) is 0. The zero-order valence-corrected chi connectivity index (χ0v) is 7.56. The van der Waals surface area contributed by atoms with Crippen molar-refractivity contribution in [1.29, 1.82) is 0 Å². The van der Waals surface area contributed by atoms with E-state index in [1.165, 1.54) is 6.20 Å². The Morgan fingerprint density at radius 1 is 1.36 bits per heavy atom. The minimum Gasteiger partial charge on any atom is -0.370 e. The predicted molar refractivity (Wildman–Crippen MR) is 50.3 cm³/mol. The highest BCUT2D eigenvalue weighted by atomic mass is 16.1. The van der Waals surface area contributed by atoms with Gasteiger partial charge in [0.25, 0.3) is 5.91 Å². The highest BCUT2D eigenvalue weighted by molar-refractivity contribution is 5.90. The molecule has 0 radical (unpaired) electrons. The largest absolute Gasteiger partial charge is 0.370 e. The van der Waals surface area contributed by atoms with Crippen LogP contribution >= 0.6 is 0 Å². The van der Waals surface area contributed by atoms with E-state index in [0.717, 1.165) is 5.56 Å². The third-order valence-corrected chi connectivity index (χ3v) is 1.74. The summed E-state index contributed by atoms with van der Waals surface area (Å²) in [5.41, 5.74) is 11.1. The summed E-state index contributed by atoms with van der Waals surface area (Å²) in [6.07, 6.45) is 2.23. The second-order valence-corrected chi connectivity index (χ2v) is 2.88. The molecule has 0 aliphatic heterocycles. The molecule has 5 heteroatoms. The van der Waals surface area contributed by atoms with Crippen molar-refractivity contribution in [3.8, 4) is 0 Å². The van der Waals surface area contributed by atoms with Crippen molar-refractivity contribution in [2.24, 2.45) is 11.5 Å². The van der Waals surface area contributed by atoms with Crippen LogP contribution in [0.4, 0.5) is 0 Å². The molecule has 0 bridgehead atoms. The normalized spacial score (nSPS) is 9.71. The number of carbonyl (C=O) groups is 2. The number of rotatable bonds is 4. The van der Waals surface area contributed by atoms with Crippen LogP contribution in [0.15, 0.2) is 18.3 Å².